The van der Waals surface area contributed by atoms with E-state index in [2.05, 4.69) is 28.4 Å². The van der Waals surface area contributed by atoms with Crippen LogP contribution in [0.5, 0.6) is 0 Å². The van der Waals surface area contributed by atoms with Crippen molar-refractivity contribution in [3.63, 3.8) is 0 Å². The number of nitrogens with one attached hydrogen (secondary N) is 1. The molecule has 0 saturated carbocycles. The minimum absolute atomic E-state index is 0.0175. The fourth-order valence-corrected chi connectivity index (χ4v) is 5.13. The van der Waals surface area contributed by atoms with Crippen LogP contribution in [0.2, 0.25) is 0 Å². The molecule has 1 atom stereocenters. The van der Waals surface area contributed by atoms with Gasteiger partial charge in [-0.2, -0.15) is 0 Å². The molecule has 1 fully saturated rings. The van der Waals surface area contributed by atoms with Gasteiger partial charge in [-0.05, 0) is 42.0 Å². The van der Waals surface area contributed by atoms with Crippen molar-refractivity contribution in [1.82, 2.24) is 10.2 Å². The molecule has 1 unspecified atom stereocenters. The Hall–Kier alpha value is -2.70. The number of rotatable bonds is 6. The van der Waals surface area contributed by atoms with Gasteiger partial charge in [0.25, 0.3) is 0 Å². The molecule has 4 rings (SSSR count). The van der Waals surface area contributed by atoms with E-state index in [1.165, 1.54) is 0 Å². The van der Waals surface area contributed by atoms with Gasteiger partial charge in [-0.15, -0.1) is 0 Å². The number of carbonyl (C=O) groups excluding carboxylic acids is 2. The molecule has 0 bridgehead atoms. The second kappa shape index (κ2) is 9.43. The first kappa shape index (κ1) is 22.5. The molecule has 2 amide bonds. The maximum atomic E-state index is 12.1. The van der Waals surface area contributed by atoms with E-state index in [0.29, 0.717) is 13.0 Å². The van der Waals surface area contributed by atoms with Crippen LogP contribution in [0.3, 0.4) is 0 Å². The molecule has 2 aliphatic heterocycles. The first-order chi connectivity index (χ1) is 15.4. The average Bonchev–Trinajstić information content (AvgIpc) is 3.23. The van der Waals surface area contributed by atoms with Gasteiger partial charge in [0, 0.05) is 45.2 Å². The molecule has 1 saturated heterocycles. The zero-order valence-corrected chi connectivity index (χ0v) is 19.0. The second-order valence-electron chi connectivity index (χ2n) is 8.98. The van der Waals surface area contributed by atoms with Crippen LogP contribution in [-0.2, 0) is 21.5 Å². The van der Waals surface area contributed by atoms with Crippen LogP contribution >= 0.6 is 0 Å². The summed E-state index contributed by atoms with van der Waals surface area (Å²) in [6.07, 6.45) is 2.37. The van der Waals surface area contributed by atoms with Crippen LogP contribution in [-0.4, -0.2) is 48.0 Å². The monoisotopic (exact) mass is 435 g/mol. The number of nitrogens with zero attached hydrogens (tertiary/aromatic N) is 2. The summed E-state index contributed by atoms with van der Waals surface area (Å²) < 4.78 is 0. The number of anilines is 1. The largest absolute Gasteiger partial charge is 0.387 e. The SMILES string of the molecule is CCC(=O)N1CCc2cc(C(O)CN3CCC(NC(C)=O)(c4ccccc4)CC3)ccc21. The molecule has 0 radical (unpaired) electrons. The number of likely N-dealkylation sites (tertiary alicyclic amines) is 1. The smallest absolute Gasteiger partial charge is 0.226 e. The number of piperidine rings is 1. The minimum atomic E-state index is -0.582. The number of aliphatic hydroxyl groups excluding tert-OH is 1. The Balaban J connectivity index is 1.41. The molecule has 0 aliphatic carbocycles. The Kier molecular flexibility index (Phi) is 6.63. The number of hydrogen-bond donors (Lipinski definition) is 2. The van der Waals surface area contributed by atoms with Gasteiger partial charge in [-0.1, -0.05) is 49.4 Å². The van der Waals surface area contributed by atoms with Crippen LogP contribution in [0.25, 0.3) is 0 Å². The lowest BCUT2D eigenvalue weighted by atomic mass is 9.80. The lowest BCUT2D eigenvalue weighted by molar-refractivity contribution is -0.122. The highest BCUT2D eigenvalue weighted by Gasteiger charge is 2.37. The summed E-state index contributed by atoms with van der Waals surface area (Å²) in [5.74, 6) is 0.127. The van der Waals surface area contributed by atoms with Gasteiger partial charge in [-0.25, -0.2) is 0 Å². The normalized spacial score (nSPS) is 18.8. The van der Waals surface area contributed by atoms with Crippen LogP contribution in [0.1, 0.15) is 55.9 Å². The van der Waals surface area contributed by atoms with Crippen molar-refractivity contribution in [3.8, 4) is 0 Å². The van der Waals surface area contributed by atoms with Crippen LogP contribution in [0.15, 0.2) is 48.5 Å². The van der Waals surface area contributed by atoms with Gasteiger partial charge in [0.05, 0.1) is 11.6 Å². The van der Waals surface area contributed by atoms with Crippen LogP contribution in [0, 0.1) is 0 Å². The highest BCUT2D eigenvalue weighted by atomic mass is 16.3. The highest BCUT2D eigenvalue weighted by Crippen LogP contribution is 2.35. The molecule has 32 heavy (non-hydrogen) atoms. The predicted octanol–water partition coefficient (Wildman–Crippen LogP) is 3.15. The maximum Gasteiger partial charge on any atom is 0.226 e. The van der Waals surface area contributed by atoms with E-state index in [1.54, 1.807) is 6.92 Å². The summed E-state index contributed by atoms with van der Waals surface area (Å²) >= 11 is 0. The molecular formula is C26H33N3O3. The highest BCUT2D eigenvalue weighted by molar-refractivity contribution is 5.95. The van der Waals surface area contributed by atoms with Crippen molar-refractivity contribution >= 4 is 17.5 Å². The summed E-state index contributed by atoms with van der Waals surface area (Å²) in [6.45, 7) is 6.34. The quantitative estimate of drug-likeness (QED) is 0.731. The zero-order chi connectivity index (χ0) is 22.7. The van der Waals surface area contributed by atoms with Gasteiger partial charge < -0.3 is 20.2 Å². The number of amides is 2. The molecule has 2 N–H and O–H groups in total. The van der Waals surface area contributed by atoms with E-state index in [1.807, 2.05) is 42.2 Å². The third-order valence-corrected chi connectivity index (χ3v) is 6.87. The number of carbonyl (C=O) groups is 2. The number of β-amino-alcohol motifs (C(OH)–C–C–N with tert-alkyl or cyclic N) is 1. The summed E-state index contributed by atoms with van der Waals surface area (Å²) in [5.41, 5.74) is 3.80. The van der Waals surface area contributed by atoms with E-state index < -0.39 is 6.10 Å². The van der Waals surface area contributed by atoms with Crippen LogP contribution in [0.4, 0.5) is 5.69 Å². The molecule has 2 aromatic rings. The van der Waals surface area contributed by atoms with E-state index in [9.17, 15) is 14.7 Å². The average molecular weight is 436 g/mol. The molecule has 6 heteroatoms. The summed E-state index contributed by atoms with van der Waals surface area (Å²) in [6, 6.07) is 16.1. The Labute approximate surface area is 190 Å². The first-order valence-electron chi connectivity index (χ1n) is 11.6. The maximum absolute atomic E-state index is 12.1. The second-order valence-corrected chi connectivity index (χ2v) is 8.98. The Bertz CT molecular complexity index is 968. The summed E-state index contributed by atoms with van der Waals surface area (Å²) in [5, 5.41) is 14.1. The molecule has 0 spiro atoms. The number of hydrogen-bond acceptors (Lipinski definition) is 4. The summed E-state index contributed by atoms with van der Waals surface area (Å²) in [4.78, 5) is 28.2. The molecule has 2 aliphatic rings. The fraction of sp³-hybridized carbons (Fsp3) is 0.462. The van der Waals surface area contributed by atoms with E-state index >= 15 is 0 Å². The molecule has 2 aromatic carbocycles. The van der Waals surface area contributed by atoms with Gasteiger partial charge >= 0.3 is 0 Å². The Morgan fingerprint density at radius 2 is 1.81 bits per heavy atom. The number of fused-ring (bicyclic) bond motifs is 1. The van der Waals surface area contributed by atoms with Gasteiger partial charge in [-0.3, -0.25) is 9.59 Å². The van der Waals surface area contributed by atoms with Crippen molar-refractivity contribution in [2.24, 2.45) is 0 Å². The van der Waals surface area contributed by atoms with Crippen molar-refractivity contribution in [2.45, 2.75) is 51.2 Å². The standard InChI is InChI=1S/C26H33N3O3/c1-3-25(32)29-14-11-20-17-21(9-10-23(20)29)24(31)18-28-15-12-26(13-16-28,27-19(2)30)22-7-5-4-6-8-22/h4-10,17,24,31H,3,11-16,18H2,1-2H3,(H,27,30). The topological polar surface area (TPSA) is 72.9 Å². The first-order valence-corrected chi connectivity index (χ1v) is 11.6. The number of benzene rings is 2. The zero-order valence-electron chi connectivity index (χ0n) is 19.0. The molecule has 6 nitrogen and oxygen atoms in total. The molecule has 170 valence electrons. The van der Waals surface area contributed by atoms with Crippen molar-refractivity contribution in [2.75, 3.05) is 31.1 Å². The van der Waals surface area contributed by atoms with Gasteiger partial charge in [0.15, 0.2) is 0 Å². The number of aliphatic hydroxyl groups is 1. The third kappa shape index (κ3) is 4.57. The van der Waals surface area contributed by atoms with E-state index in [-0.39, 0.29) is 17.4 Å². The lowest BCUT2D eigenvalue weighted by Gasteiger charge is -2.43. The summed E-state index contributed by atoms with van der Waals surface area (Å²) in [7, 11) is 0. The van der Waals surface area contributed by atoms with E-state index in [0.717, 1.165) is 61.3 Å². The van der Waals surface area contributed by atoms with Crippen molar-refractivity contribution in [3.05, 3.63) is 65.2 Å². The van der Waals surface area contributed by atoms with E-state index in [4.69, 9.17) is 0 Å². The molecule has 0 aromatic heterocycles. The van der Waals surface area contributed by atoms with Crippen molar-refractivity contribution < 1.29 is 14.7 Å². The molecular weight excluding hydrogens is 402 g/mol. The van der Waals surface area contributed by atoms with Crippen molar-refractivity contribution in [1.29, 1.82) is 0 Å². The predicted molar refractivity (Wildman–Crippen MR) is 125 cm³/mol. The Morgan fingerprint density at radius 1 is 1.09 bits per heavy atom. The third-order valence-electron chi connectivity index (χ3n) is 6.87. The minimum Gasteiger partial charge on any atom is -0.387 e. The fourth-order valence-electron chi connectivity index (χ4n) is 5.13. The van der Waals surface area contributed by atoms with Crippen LogP contribution < -0.4 is 10.2 Å². The lowest BCUT2D eigenvalue weighted by Crippen LogP contribution is -2.53. The molecule has 2 heterocycles. The Morgan fingerprint density at radius 3 is 2.47 bits per heavy atom. The van der Waals surface area contributed by atoms with Gasteiger partial charge in [0.1, 0.15) is 0 Å². The van der Waals surface area contributed by atoms with Gasteiger partial charge in [0.2, 0.25) is 11.8 Å².